The molecule has 1 unspecified atom stereocenters. The molecule has 0 aromatic carbocycles. The van der Waals surface area contributed by atoms with Crippen molar-refractivity contribution in [1.82, 2.24) is 5.32 Å². The maximum atomic E-state index is 10.6. The van der Waals surface area contributed by atoms with Crippen LogP contribution >= 0.6 is 22.9 Å². The third-order valence-electron chi connectivity index (χ3n) is 4.37. The molecule has 108 valence electrons. The number of aliphatic hydroxyl groups is 1. The lowest BCUT2D eigenvalue weighted by molar-refractivity contribution is -0.0102. The molecule has 1 aromatic heterocycles. The Hall–Kier alpha value is -0.0900. The lowest BCUT2D eigenvalue weighted by Crippen LogP contribution is -2.44. The van der Waals surface area contributed by atoms with E-state index >= 15 is 0 Å². The molecule has 1 aliphatic rings. The average molecular weight is 302 g/mol. The third-order valence-corrected chi connectivity index (χ3v) is 5.79. The summed E-state index contributed by atoms with van der Waals surface area (Å²) in [6, 6.07) is 4.24. The summed E-state index contributed by atoms with van der Waals surface area (Å²) >= 11 is 7.56. The fourth-order valence-corrected chi connectivity index (χ4v) is 3.89. The summed E-state index contributed by atoms with van der Waals surface area (Å²) in [5.74, 6) is 0.814. The number of hydrogen-bond acceptors (Lipinski definition) is 3. The molecule has 1 heterocycles. The smallest absolute Gasteiger partial charge is 0.0931 e. The van der Waals surface area contributed by atoms with Crippen molar-refractivity contribution in [3.05, 3.63) is 21.3 Å². The van der Waals surface area contributed by atoms with Crippen molar-refractivity contribution in [3.63, 3.8) is 0 Å². The molecular weight excluding hydrogens is 278 g/mol. The summed E-state index contributed by atoms with van der Waals surface area (Å²) in [5, 5.41) is 14.1. The molecule has 1 saturated carbocycles. The lowest BCUT2D eigenvalue weighted by Gasteiger charge is -2.36. The van der Waals surface area contributed by atoms with E-state index in [0.717, 1.165) is 35.9 Å². The molecule has 2 nitrogen and oxygen atoms in total. The number of thiophene rings is 1. The van der Waals surface area contributed by atoms with Gasteiger partial charge in [-0.05, 0) is 50.7 Å². The molecule has 1 fully saturated rings. The van der Waals surface area contributed by atoms with Gasteiger partial charge in [-0.15, -0.1) is 11.3 Å². The Labute approximate surface area is 125 Å². The minimum absolute atomic E-state index is 0.255. The van der Waals surface area contributed by atoms with Gasteiger partial charge in [0, 0.05) is 17.5 Å². The van der Waals surface area contributed by atoms with E-state index < -0.39 is 5.60 Å². The van der Waals surface area contributed by atoms with Crippen LogP contribution in [0.3, 0.4) is 0 Å². The number of hydrogen-bond donors (Lipinski definition) is 2. The Morgan fingerprint density at radius 2 is 2.16 bits per heavy atom. The Balaban J connectivity index is 1.81. The molecule has 4 heteroatoms. The number of nitrogens with one attached hydrogen (secondary N) is 1. The predicted octanol–water partition coefficient (Wildman–Crippen LogP) is 4.38. The van der Waals surface area contributed by atoms with Gasteiger partial charge in [-0.3, -0.25) is 0 Å². The van der Waals surface area contributed by atoms with E-state index in [1.807, 2.05) is 6.07 Å². The van der Waals surface area contributed by atoms with E-state index in [1.165, 1.54) is 11.3 Å². The molecule has 1 aromatic rings. The van der Waals surface area contributed by atoms with Crippen LogP contribution in [0.1, 0.15) is 56.9 Å². The van der Waals surface area contributed by atoms with Crippen LogP contribution in [0.15, 0.2) is 12.1 Å². The van der Waals surface area contributed by atoms with Crippen molar-refractivity contribution >= 4 is 22.9 Å². The van der Waals surface area contributed by atoms with Crippen molar-refractivity contribution in [3.8, 4) is 0 Å². The monoisotopic (exact) mass is 301 g/mol. The zero-order chi connectivity index (χ0) is 13.9. The molecule has 2 rings (SSSR count). The first-order chi connectivity index (χ1) is 9.02. The van der Waals surface area contributed by atoms with E-state index in [-0.39, 0.29) is 6.04 Å². The van der Waals surface area contributed by atoms with Crippen LogP contribution < -0.4 is 5.32 Å². The maximum Gasteiger partial charge on any atom is 0.0931 e. The highest BCUT2D eigenvalue weighted by molar-refractivity contribution is 7.16. The Bertz CT molecular complexity index is 399. The molecule has 19 heavy (non-hydrogen) atoms. The summed E-state index contributed by atoms with van der Waals surface area (Å²) in [5.41, 5.74) is -0.513. The van der Waals surface area contributed by atoms with Crippen LogP contribution in [0.5, 0.6) is 0 Å². The second kappa shape index (κ2) is 6.57. The van der Waals surface area contributed by atoms with E-state index in [9.17, 15) is 5.11 Å². The molecule has 2 N–H and O–H groups in total. The van der Waals surface area contributed by atoms with Gasteiger partial charge in [0.05, 0.1) is 9.94 Å². The standard InChI is InChI=1S/C15H24ClNOS/c1-3-12-6-8-15(18,9-7-12)10-17-11(2)13-4-5-14(16)19-13/h4-5,11-12,17-18H,3,6-10H2,1-2H3. The fraction of sp³-hybridized carbons (Fsp3) is 0.733. The first-order valence-electron chi connectivity index (χ1n) is 7.23. The molecule has 0 saturated heterocycles. The first-order valence-corrected chi connectivity index (χ1v) is 8.43. The van der Waals surface area contributed by atoms with Gasteiger partial charge in [-0.1, -0.05) is 24.9 Å². The Kier molecular flexibility index (Phi) is 5.29. The topological polar surface area (TPSA) is 32.3 Å². The Morgan fingerprint density at radius 3 is 2.68 bits per heavy atom. The van der Waals surface area contributed by atoms with Crippen molar-refractivity contribution in [2.45, 2.75) is 57.6 Å². The molecule has 0 spiro atoms. The zero-order valence-electron chi connectivity index (χ0n) is 11.8. The van der Waals surface area contributed by atoms with Gasteiger partial charge in [0.15, 0.2) is 0 Å². The molecule has 0 amide bonds. The van der Waals surface area contributed by atoms with E-state index in [1.54, 1.807) is 11.3 Å². The highest BCUT2D eigenvalue weighted by atomic mass is 35.5. The summed E-state index contributed by atoms with van der Waals surface area (Å²) < 4.78 is 0.825. The third kappa shape index (κ3) is 4.19. The van der Waals surface area contributed by atoms with Gasteiger partial charge in [-0.25, -0.2) is 0 Å². The number of halogens is 1. The largest absolute Gasteiger partial charge is 0.389 e. The Morgan fingerprint density at radius 1 is 1.47 bits per heavy atom. The van der Waals surface area contributed by atoms with Gasteiger partial charge >= 0.3 is 0 Å². The van der Waals surface area contributed by atoms with Crippen molar-refractivity contribution in [2.24, 2.45) is 5.92 Å². The van der Waals surface area contributed by atoms with Crippen LogP contribution in [0.2, 0.25) is 4.34 Å². The molecule has 1 atom stereocenters. The predicted molar refractivity (Wildman–Crippen MR) is 82.9 cm³/mol. The van der Waals surface area contributed by atoms with Crippen molar-refractivity contribution < 1.29 is 5.11 Å². The van der Waals surface area contributed by atoms with E-state index in [2.05, 4.69) is 25.2 Å². The van der Waals surface area contributed by atoms with Crippen LogP contribution in [-0.4, -0.2) is 17.3 Å². The second-order valence-corrected chi connectivity index (χ2v) is 7.57. The van der Waals surface area contributed by atoms with Crippen molar-refractivity contribution in [2.75, 3.05) is 6.54 Å². The normalized spacial score (nSPS) is 29.4. The summed E-state index contributed by atoms with van der Waals surface area (Å²) in [7, 11) is 0. The number of rotatable bonds is 5. The maximum absolute atomic E-state index is 10.6. The van der Waals surface area contributed by atoms with Crippen molar-refractivity contribution in [1.29, 1.82) is 0 Å². The second-order valence-electron chi connectivity index (χ2n) is 5.82. The molecular formula is C15H24ClNOS. The SMILES string of the molecule is CCC1CCC(O)(CNC(C)c2ccc(Cl)s2)CC1. The summed E-state index contributed by atoms with van der Waals surface area (Å²) in [6.45, 7) is 5.05. The van der Waals surface area contributed by atoms with Crippen LogP contribution in [-0.2, 0) is 0 Å². The average Bonchev–Trinajstić information content (AvgIpc) is 2.84. The summed E-state index contributed by atoms with van der Waals surface area (Å²) in [4.78, 5) is 1.23. The minimum atomic E-state index is -0.513. The fourth-order valence-electron chi connectivity index (χ4n) is 2.80. The molecule has 0 aliphatic heterocycles. The van der Waals surface area contributed by atoms with Crippen LogP contribution in [0.4, 0.5) is 0 Å². The summed E-state index contributed by atoms with van der Waals surface area (Å²) in [6.07, 6.45) is 5.42. The van der Waals surface area contributed by atoms with Gasteiger partial charge in [-0.2, -0.15) is 0 Å². The van der Waals surface area contributed by atoms with E-state index in [0.29, 0.717) is 6.54 Å². The van der Waals surface area contributed by atoms with Gasteiger partial charge in [0.25, 0.3) is 0 Å². The molecule has 0 radical (unpaired) electrons. The highest BCUT2D eigenvalue weighted by Crippen LogP contribution is 2.34. The van der Waals surface area contributed by atoms with Gasteiger partial charge < -0.3 is 10.4 Å². The van der Waals surface area contributed by atoms with Gasteiger partial charge in [0.2, 0.25) is 0 Å². The first kappa shape index (κ1) is 15.3. The van der Waals surface area contributed by atoms with Crippen LogP contribution in [0, 0.1) is 5.92 Å². The quantitative estimate of drug-likeness (QED) is 0.845. The zero-order valence-corrected chi connectivity index (χ0v) is 13.4. The van der Waals surface area contributed by atoms with Gasteiger partial charge in [0.1, 0.15) is 0 Å². The minimum Gasteiger partial charge on any atom is -0.389 e. The molecule has 1 aliphatic carbocycles. The highest BCUT2D eigenvalue weighted by Gasteiger charge is 2.32. The van der Waals surface area contributed by atoms with E-state index in [4.69, 9.17) is 11.6 Å². The molecule has 0 bridgehead atoms. The lowest BCUT2D eigenvalue weighted by atomic mass is 9.78. The van der Waals surface area contributed by atoms with Crippen LogP contribution in [0.25, 0.3) is 0 Å².